The predicted molar refractivity (Wildman–Crippen MR) is 112 cm³/mol. The van der Waals surface area contributed by atoms with Crippen LogP contribution in [0.1, 0.15) is 34.8 Å². The first-order valence-electron chi connectivity index (χ1n) is 10.2. The van der Waals surface area contributed by atoms with Gasteiger partial charge in [0.25, 0.3) is 0 Å². The van der Waals surface area contributed by atoms with Crippen LogP contribution in [0, 0.1) is 5.92 Å². The van der Waals surface area contributed by atoms with Crippen molar-refractivity contribution in [1.29, 1.82) is 0 Å². The number of hydrogen-bond donors (Lipinski definition) is 2. The number of piperidine rings is 3. The van der Waals surface area contributed by atoms with Gasteiger partial charge in [0.2, 0.25) is 10.0 Å². The van der Waals surface area contributed by atoms with Crippen molar-refractivity contribution in [2.75, 3.05) is 19.6 Å². The number of nitrogens with zero attached hydrogens (tertiary/aromatic N) is 1. The molecule has 3 aliphatic heterocycles. The summed E-state index contributed by atoms with van der Waals surface area (Å²) in [5.74, 6) is -1.62. The average molecular weight is 445 g/mol. The number of hydrogen-bond acceptors (Lipinski definition) is 6. The summed E-state index contributed by atoms with van der Waals surface area (Å²) in [5.41, 5.74) is 0.292. The number of ether oxygens (including phenoxy) is 1. The van der Waals surface area contributed by atoms with E-state index in [1.54, 1.807) is 30.3 Å². The number of carbonyl (C=O) groups is 2. The van der Waals surface area contributed by atoms with Crippen LogP contribution in [0.15, 0.2) is 59.5 Å². The highest BCUT2D eigenvalue weighted by atomic mass is 32.2. The summed E-state index contributed by atoms with van der Waals surface area (Å²) in [6.07, 6.45) is 1.66. The monoisotopic (exact) mass is 444 g/mol. The summed E-state index contributed by atoms with van der Waals surface area (Å²) >= 11 is 0. The van der Waals surface area contributed by atoms with Gasteiger partial charge in [-0.2, -0.15) is 4.72 Å². The van der Waals surface area contributed by atoms with Crippen molar-refractivity contribution in [3.8, 4) is 0 Å². The minimum atomic E-state index is -4.18. The van der Waals surface area contributed by atoms with Crippen molar-refractivity contribution in [3.63, 3.8) is 0 Å². The number of esters is 1. The van der Waals surface area contributed by atoms with Gasteiger partial charge in [0, 0.05) is 6.54 Å². The van der Waals surface area contributed by atoms with Crippen LogP contribution >= 0.6 is 0 Å². The maximum Gasteiger partial charge on any atom is 0.335 e. The summed E-state index contributed by atoms with van der Waals surface area (Å²) in [6.45, 7) is 2.64. The molecule has 3 fully saturated rings. The molecule has 3 aliphatic rings. The molecular weight excluding hydrogens is 420 g/mol. The number of nitrogens with one attached hydrogen (secondary N) is 1. The van der Waals surface area contributed by atoms with Crippen LogP contribution in [0.4, 0.5) is 0 Å². The first kappa shape index (κ1) is 21.5. The Morgan fingerprint density at radius 2 is 1.77 bits per heavy atom. The van der Waals surface area contributed by atoms with Crippen LogP contribution < -0.4 is 4.72 Å². The van der Waals surface area contributed by atoms with Gasteiger partial charge in [-0.15, -0.1) is 0 Å². The van der Waals surface area contributed by atoms with Gasteiger partial charge in [-0.1, -0.05) is 36.4 Å². The van der Waals surface area contributed by atoms with Crippen molar-refractivity contribution < 1.29 is 27.9 Å². The van der Waals surface area contributed by atoms with Gasteiger partial charge in [0.05, 0.1) is 10.5 Å². The zero-order chi connectivity index (χ0) is 22.0. The second-order valence-electron chi connectivity index (χ2n) is 7.91. The number of fused-ring (bicyclic) bond motifs is 3. The molecule has 2 atom stereocenters. The maximum absolute atomic E-state index is 13.1. The molecule has 3 heterocycles. The summed E-state index contributed by atoms with van der Waals surface area (Å²) in [5, 5.41) is 9.16. The number of carbonyl (C=O) groups excluding carboxylic acids is 1. The van der Waals surface area contributed by atoms with E-state index in [1.807, 2.05) is 0 Å². The molecule has 0 radical (unpaired) electrons. The molecule has 0 spiro atoms. The van der Waals surface area contributed by atoms with E-state index >= 15 is 0 Å². The van der Waals surface area contributed by atoms with Gasteiger partial charge in [-0.25, -0.2) is 18.0 Å². The quantitative estimate of drug-likeness (QED) is 0.629. The van der Waals surface area contributed by atoms with Crippen molar-refractivity contribution >= 4 is 22.0 Å². The molecule has 0 aliphatic carbocycles. The summed E-state index contributed by atoms with van der Waals surface area (Å²) in [6, 6.07) is 12.3. The van der Waals surface area contributed by atoms with Crippen molar-refractivity contribution in [1.82, 2.24) is 9.62 Å². The fourth-order valence-electron chi connectivity index (χ4n) is 4.18. The third-order valence-corrected chi connectivity index (χ3v) is 7.32. The predicted octanol–water partition coefficient (Wildman–Crippen LogP) is 2.04. The molecule has 9 heteroatoms. The largest absolute Gasteiger partial charge is 0.478 e. The number of carboxylic acids is 1. The topological polar surface area (TPSA) is 113 Å². The van der Waals surface area contributed by atoms with Gasteiger partial charge in [-0.3, -0.25) is 4.90 Å². The molecule has 0 aromatic heterocycles. The first-order valence-corrected chi connectivity index (χ1v) is 11.7. The molecule has 0 amide bonds. The molecule has 8 nitrogen and oxygen atoms in total. The summed E-state index contributed by atoms with van der Waals surface area (Å²) in [4.78, 5) is 26.3. The Bertz CT molecular complexity index is 1060. The molecule has 5 rings (SSSR count). The molecular formula is C22H24N2O6S. The van der Waals surface area contributed by atoms with E-state index in [4.69, 9.17) is 9.84 Å². The Morgan fingerprint density at radius 1 is 1.06 bits per heavy atom. The van der Waals surface area contributed by atoms with E-state index in [1.165, 1.54) is 18.2 Å². The number of aromatic carboxylic acids is 1. The Labute approximate surface area is 180 Å². The number of benzene rings is 2. The number of carboxylic acid groups (broad SMARTS) is 1. The third kappa shape index (κ3) is 4.79. The fourth-order valence-corrected chi connectivity index (χ4v) is 5.40. The molecule has 1 unspecified atom stereocenters. The van der Waals surface area contributed by atoms with Crippen molar-refractivity contribution in [3.05, 3.63) is 65.7 Å². The van der Waals surface area contributed by atoms with E-state index < -0.39 is 28.0 Å². The lowest BCUT2D eigenvalue weighted by Crippen LogP contribution is -2.52. The zero-order valence-electron chi connectivity index (χ0n) is 16.8. The molecule has 2 aromatic rings. The third-order valence-electron chi connectivity index (χ3n) is 5.90. The van der Waals surface area contributed by atoms with Crippen LogP contribution in [-0.4, -0.2) is 56.1 Å². The Hall–Kier alpha value is -2.75. The van der Waals surface area contributed by atoms with E-state index in [-0.39, 0.29) is 22.5 Å². The van der Waals surface area contributed by atoms with Gasteiger partial charge in [0.15, 0.2) is 0 Å². The van der Waals surface area contributed by atoms with Crippen LogP contribution in [0.25, 0.3) is 0 Å². The van der Waals surface area contributed by atoms with Gasteiger partial charge in [0.1, 0.15) is 12.1 Å². The molecule has 2 N–H and O–H groups in total. The minimum absolute atomic E-state index is 0.158. The minimum Gasteiger partial charge on any atom is -0.478 e. The second kappa shape index (κ2) is 8.78. The van der Waals surface area contributed by atoms with Crippen molar-refractivity contribution in [2.45, 2.75) is 29.9 Å². The summed E-state index contributed by atoms with van der Waals surface area (Å²) in [7, 11) is -4.18. The molecule has 3 saturated heterocycles. The first-order chi connectivity index (χ1) is 14.8. The summed E-state index contributed by atoms with van der Waals surface area (Å²) < 4.78 is 34.2. The molecule has 2 aromatic carbocycles. The highest BCUT2D eigenvalue weighted by molar-refractivity contribution is 7.89. The van der Waals surface area contributed by atoms with Crippen LogP contribution in [0.2, 0.25) is 0 Å². The Balaban J connectivity index is 1.59. The molecule has 2 bridgehead atoms. The van der Waals surface area contributed by atoms with Crippen LogP contribution in [0.5, 0.6) is 0 Å². The van der Waals surface area contributed by atoms with E-state index in [0.717, 1.165) is 32.0 Å². The van der Waals surface area contributed by atoms with Gasteiger partial charge < -0.3 is 9.84 Å². The lowest BCUT2D eigenvalue weighted by molar-refractivity contribution is -0.161. The average Bonchev–Trinajstić information content (AvgIpc) is 2.79. The maximum atomic E-state index is 13.1. The zero-order valence-corrected chi connectivity index (χ0v) is 17.6. The van der Waals surface area contributed by atoms with Crippen molar-refractivity contribution in [2.24, 2.45) is 5.92 Å². The van der Waals surface area contributed by atoms with Gasteiger partial charge >= 0.3 is 11.9 Å². The van der Waals surface area contributed by atoms with Gasteiger partial charge in [-0.05, 0) is 55.6 Å². The normalized spacial score (nSPS) is 23.8. The number of sulfonamides is 1. The van der Waals surface area contributed by atoms with E-state index in [2.05, 4.69) is 9.62 Å². The molecule has 164 valence electrons. The highest BCUT2D eigenvalue weighted by Gasteiger charge is 2.38. The second-order valence-corrected chi connectivity index (χ2v) is 9.63. The lowest BCUT2D eigenvalue weighted by atomic mass is 9.86. The Kier molecular flexibility index (Phi) is 6.08. The lowest BCUT2D eigenvalue weighted by Gasteiger charge is -2.44. The fraction of sp³-hybridized carbons (Fsp3) is 0.364. The number of rotatable bonds is 7. The van der Waals surface area contributed by atoms with E-state index in [0.29, 0.717) is 12.1 Å². The smallest absolute Gasteiger partial charge is 0.335 e. The van der Waals surface area contributed by atoms with E-state index in [9.17, 15) is 18.0 Å². The standard InChI is InChI=1S/C22H24N2O6S/c25-21(26)17-7-4-8-18(13-17)31(28,29)23-20(16-5-2-1-3-6-16)22(27)30-19-14-24-11-9-15(19)10-12-24/h1-8,13,15,19-20,23H,9-12,14H2,(H,25,26)/t19-,20?/m1/s1. The van der Waals surface area contributed by atoms with Crippen LogP contribution in [0.3, 0.4) is 0 Å². The van der Waals surface area contributed by atoms with Crippen LogP contribution in [-0.2, 0) is 19.6 Å². The Morgan fingerprint density at radius 3 is 2.39 bits per heavy atom. The molecule has 0 saturated carbocycles. The molecule has 31 heavy (non-hydrogen) atoms. The highest BCUT2D eigenvalue weighted by Crippen LogP contribution is 2.31. The SMILES string of the molecule is O=C(O)c1cccc(S(=O)(=O)NC(C(=O)O[C@@H]2CN3CCC2CC3)c2ccccc2)c1.